The lowest BCUT2D eigenvalue weighted by Crippen LogP contribution is -3.00. The molecule has 1 nitrogen and oxygen atoms in total. The SMILES string of the molecule is [I-].[NH3+]C(Br)C(Br)(Br)Br. The van der Waals surface area contributed by atoms with Gasteiger partial charge < -0.3 is 29.7 Å². The molecule has 8 heavy (non-hydrogen) atoms. The van der Waals surface area contributed by atoms with E-state index >= 15 is 0 Å². The third kappa shape index (κ3) is 6.73. The average Bonchev–Trinajstić information content (AvgIpc) is 1.31. The van der Waals surface area contributed by atoms with Crippen LogP contribution in [0.5, 0.6) is 0 Å². The summed E-state index contributed by atoms with van der Waals surface area (Å²) in [6.07, 6.45) is 0. The number of quaternary nitrogens is 1. The van der Waals surface area contributed by atoms with Gasteiger partial charge in [0.25, 0.3) is 0 Å². The van der Waals surface area contributed by atoms with Crippen molar-refractivity contribution in [3.63, 3.8) is 0 Å². The van der Waals surface area contributed by atoms with Crippen molar-refractivity contribution in [1.82, 2.24) is 0 Å². The summed E-state index contributed by atoms with van der Waals surface area (Å²) in [5, 5.41) is 0. The maximum Gasteiger partial charge on any atom is 0.196 e. The van der Waals surface area contributed by atoms with Gasteiger partial charge in [-0.3, -0.25) is 0 Å². The van der Waals surface area contributed by atoms with Gasteiger partial charge in [-0.15, -0.1) is 0 Å². The van der Waals surface area contributed by atoms with E-state index in [0.717, 1.165) is 0 Å². The molecule has 0 aliphatic carbocycles. The number of hydrogen-bond acceptors (Lipinski definition) is 0. The van der Waals surface area contributed by atoms with Crippen molar-refractivity contribution < 1.29 is 29.7 Å². The second kappa shape index (κ2) is 5.29. The molecule has 0 rings (SSSR count). The van der Waals surface area contributed by atoms with Crippen LogP contribution >= 0.6 is 63.7 Å². The van der Waals surface area contributed by atoms with Crippen LogP contribution in [0.3, 0.4) is 0 Å². The first kappa shape index (κ1) is 13.2. The number of hydrogen-bond donors (Lipinski definition) is 1. The lowest BCUT2D eigenvalue weighted by atomic mass is 10.8. The zero-order valence-corrected chi connectivity index (χ0v) is 12.2. The van der Waals surface area contributed by atoms with Gasteiger partial charge in [-0.1, -0.05) is 47.8 Å². The van der Waals surface area contributed by atoms with Crippen molar-refractivity contribution in [2.45, 2.75) is 7.09 Å². The van der Waals surface area contributed by atoms with Crippen LogP contribution in [0.2, 0.25) is 0 Å². The van der Waals surface area contributed by atoms with E-state index in [1.807, 2.05) is 0 Å². The molecule has 0 bridgehead atoms. The molecule has 6 heteroatoms. The van der Waals surface area contributed by atoms with Crippen LogP contribution in [0, 0.1) is 0 Å². The van der Waals surface area contributed by atoms with E-state index in [2.05, 4.69) is 69.5 Å². The predicted molar refractivity (Wildman–Crippen MR) is 45.1 cm³/mol. The van der Waals surface area contributed by atoms with E-state index in [-0.39, 0.29) is 31.1 Å². The molecular weight excluding hydrogens is 485 g/mol. The topological polar surface area (TPSA) is 27.6 Å². The minimum atomic E-state index is -0.257. The molecule has 0 saturated carbocycles. The van der Waals surface area contributed by atoms with Crippen molar-refractivity contribution in [2.75, 3.05) is 0 Å². The summed E-state index contributed by atoms with van der Waals surface area (Å²) in [7, 11) is 0. The summed E-state index contributed by atoms with van der Waals surface area (Å²) in [5.74, 6) is 0. The van der Waals surface area contributed by atoms with Crippen LogP contribution in [-0.2, 0) is 0 Å². The Morgan fingerprint density at radius 3 is 1.38 bits per heavy atom. The van der Waals surface area contributed by atoms with Gasteiger partial charge in [-0.25, -0.2) is 0 Å². The number of halogens is 5. The standard InChI is InChI=1S/C2H3Br4N.HI/c3-1(7)2(4,5)6;/h1H,7H2;1H. The fraction of sp³-hybridized carbons (Fsp3) is 1.00. The van der Waals surface area contributed by atoms with E-state index < -0.39 is 0 Å². The van der Waals surface area contributed by atoms with Crippen molar-refractivity contribution in [3.8, 4) is 0 Å². The highest BCUT2D eigenvalue weighted by atomic mass is 127. The summed E-state index contributed by atoms with van der Waals surface area (Å²) in [6.45, 7) is 0. The molecule has 0 saturated heterocycles. The predicted octanol–water partition coefficient (Wildman–Crippen LogP) is -1.21. The van der Waals surface area contributed by atoms with Gasteiger partial charge in [-0.05, 0) is 15.9 Å². The third-order valence-electron chi connectivity index (χ3n) is 0.355. The molecule has 0 aromatic heterocycles. The highest BCUT2D eigenvalue weighted by molar-refractivity contribution is 9.40. The number of rotatable bonds is 0. The van der Waals surface area contributed by atoms with Gasteiger partial charge in [0, 0.05) is 0 Å². The number of alkyl halides is 4. The Balaban J connectivity index is 0. The van der Waals surface area contributed by atoms with Crippen LogP contribution in [0.1, 0.15) is 0 Å². The molecule has 52 valence electrons. The van der Waals surface area contributed by atoms with Crippen molar-refractivity contribution >= 4 is 63.7 Å². The van der Waals surface area contributed by atoms with Crippen LogP contribution < -0.4 is 29.7 Å². The Hall–Kier alpha value is 2.61. The molecule has 0 aromatic rings. The molecule has 1 unspecified atom stereocenters. The second-order valence-corrected chi connectivity index (χ2v) is 9.06. The van der Waals surface area contributed by atoms with Gasteiger partial charge in [0.2, 0.25) is 0 Å². The monoisotopic (exact) mass is 485 g/mol. The average molecular weight is 489 g/mol. The molecule has 0 spiro atoms. The minimum Gasteiger partial charge on any atom is -1.00 e. The highest BCUT2D eigenvalue weighted by Gasteiger charge is 2.27. The quantitative estimate of drug-likeness (QED) is 0.252. The molecule has 0 aromatic carbocycles. The summed E-state index contributed by atoms with van der Waals surface area (Å²) in [6, 6.07) is 0. The van der Waals surface area contributed by atoms with E-state index in [0.29, 0.717) is 0 Å². The van der Waals surface area contributed by atoms with E-state index in [1.54, 1.807) is 0 Å². The molecule has 3 N–H and O–H groups in total. The van der Waals surface area contributed by atoms with Crippen molar-refractivity contribution in [2.24, 2.45) is 0 Å². The zero-order chi connectivity index (χ0) is 6.08. The van der Waals surface area contributed by atoms with Crippen LogP contribution in [0.4, 0.5) is 0 Å². The van der Waals surface area contributed by atoms with Gasteiger partial charge in [0.15, 0.2) is 7.09 Å². The molecule has 0 radical (unpaired) electrons. The normalized spacial score (nSPS) is 14.6. The van der Waals surface area contributed by atoms with Crippen LogP contribution in [0.25, 0.3) is 0 Å². The van der Waals surface area contributed by atoms with Crippen molar-refractivity contribution in [1.29, 1.82) is 0 Å². The Morgan fingerprint density at radius 1 is 1.25 bits per heavy atom. The molecule has 0 fully saturated rings. The smallest absolute Gasteiger partial charge is 0.196 e. The van der Waals surface area contributed by atoms with E-state index in [9.17, 15) is 0 Å². The first-order valence-corrected chi connectivity index (χ1v) is 4.78. The lowest BCUT2D eigenvalue weighted by molar-refractivity contribution is -0.378. The third-order valence-corrected chi connectivity index (χ3v) is 4.54. The Morgan fingerprint density at radius 2 is 1.38 bits per heavy atom. The highest BCUT2D eigenvalue weighted by Crippen LogP contribution is 2.37. The van der Waals surface area contributed by atoms with E-state index in [4.69, 9.17) is 0 Å². The Bertz CT molecular complexity index is 59.5. The summed E-state index contributed by atoms with van der Waals surface area (Å²) < 4.78 is -0.257. The van der Waals surface area contributed by atoms with Gasteiger partial charge in [-0.2, -0.15) is 0 Å². The maximum absolute atomic E-state index is 3.69. The van der Waals surface area contributed by atoms with Gasteiger partial charge >= 0.3 is 0 Å². The molecule has 0 heterocycles. The molecular formula is C2H4Br4IN. The van der Waals surface area contributed by atoms with E-state index in [1.165, 1.54) is 0 Å². The minimum absolute atomic E-state index is 0. The molecule has 0 aliphatic heterocycles. The fourth-order valence-electron chi connectivity index (χ4n) is 0. The Kier molecular flexibility index (Phi) is 8.73. The molecule has 0 amide bonds. The van der Waals surface area contributed by atoms with Crippen LogP contribution in [-0.4, -0.2) is 7.09 Å². The first-order valence-electron chi connectivity index (χ1n) is 1.48. The molecule has 0 aliphatic rings. The lowest BCUT2D eigenvalue weighted by Gasteiger charge is -2.09. The molecule has 1 atom stereocenters. The summed E-state index contributed by atoms with van der Waals surface area (Å²) in [4.78, 5) is 0.111. The van der Waals surface area contributed by atoms with Gasteiger partial charge in [0.05, 0.1) is 0 Å². The fourth-order valence-corrected chi connectivity index (χ4v) is 0. The second-order valence-electron chi connectivity index (χ2n) is 1.01. The zero-order valence-electron chi connectivity index (χ0n) is 3.67. The van der Waals surface area contributed by atoms with Crippen LogP contribution in [0.15, 0.2) is 0 Å². The Labute approximate surface area is 99.1 Å². The summed E-state index contributed by atoms with van der Waals surface area (Å²) in [5.41, 5.74) is 3.69. The first-order chi connectivity index (χ1) is 2.94. The van der Waals surface area contributed by atoms with Gasteiger partial charge in [0.1, 0.15) is 0 Å². The summed E-state index contributed by atoms with van der Waals surface area (Å²) >= 11 is 13.0. The maximum atomic E-state index is 3.69. The largest absolute Gasteiger partial charge is 1.00 e. The van der Waals surface area contributed by atoms with Crippen molar-refractivity contribution in [3.05, 3.63) is 0 Å².